The second-order valence-electron chi connectivity index (χ2n) is 5.83. The standard InChI is InChI=1S/C14H20BrClN2/c1-14(2,3)18-5-4-17-13(9-18)10-6-11(15)8-12(16)7-10/h6-8,13,17H,4-5,9H2,1-3H3/t13-/m0/s1. The lowest BCUT2D eigenvalue weighted by Crippen LogP contribution is -2.53. The molecule has 1 saturated heterocycles. The SMILES string of the molecule is CC(C)(C)N1CCN[C@H](c2cc(Cl)cc(Br)c2)C1. The van der Waals surface area contributed by atoms with Gasteiger partial charge in [-0.3, -0.25) is 4.90 Å². The molecule has 1 fully saturated rings. The van der Waals surface area contributed by atoms with E-state index < -0.39 is 0 Å². The molecule has 0 radical (unpaired) electrons. The highest BCUT2D eigenvalue weighted by atomic mass is 79.9. The van der Waals surface area contributed by atoms with Gasteiger partial charge in [0.05, 0.1) is 0 Å². The van der Waals surface area contributed by atoms with Crippen LogP contribution >= 0.6 is 27.5 Å². The van der Waals surface area contributed by atoms with E-state index in [9.17, 15) is 0 Å². The number of halogens is 2. The molecule has 0 aromatic heterocycles. The molecule has 0 bridgehead atoms. The van der Waals surface area contributed by atoms with Crippen LogP contribution in [0.1, 0.15) is 32.4 Å². The molecule has 18 heavy (non-hydrogen) atoms. The molecule has 0 unspecified atom stereocenters. The number of rotatable bonds is 1. The van der Waals surface area contributed by atoms with Crippen LogP contribution in [0.3, 0.4) is 0 Å². The van der Waals surface area contributed by atoms with Crippen LogP contribution < -0.4 is 5.32 Å². The first-order chi connectivity index (χ1) is 8.36. The van der Waals surface area contributed by atoms with Crippen LogP contribution in [-0.2, 0) is 0 Å². The van der Waals surface area contributed by atoms with E-state index in [1.165, 1.54) is 5.56 Å². The Kier molecular flexibility index (Phi) is 4.37. The number of benzene rings is 1. The number of piperazine rings is 1. The van der Waals surface area contributed by atoms with Gasteiger partial charge < -0.3 is 5.32 Å². The average Bonchev–Trinajstić information content (AvgIpc) is 2.27. The van der Waals surface area contributed by atoms with E-state index in [1.54, 1.807) is 0 Å². The summed E-state index contributed by atoms with van der Waals surface area (Å²) in [5.41, 5.74) is 1.47. The number of hydrogen-bond acceptors (Lipinski definition) is 2. The third-order valence-corrected chi connectivity index (χ3v) is 4.09. The molecule has 2 rings (SSSR count). The van der Waals surface area contributed by atoms with Crippen molar-refractivity contribution in [1.82, 2.24) is 10.2 Å². The van der Waals surface area contributed by atoms with Gasteiger partial charge in [-0.05, 0) is 44.5 Å². The van der Waals surface area contributed by atoms with Crippen LogP contribution in [0, 0.1) is 0 Å². The molecule has 1 N–H and O–H groups in total. The number of nitrogens with one attached hydrogen (secondary N) is 1. The summed E-state index contributed by atoms with van der Waals surface area (Å²) in [4.78, 5) is 2.52. The van der Waals surface area contributed by atoms with Crippen molar-refractivity contribution in [2.75, 3.05) is 19.6 Å². The first-order valence-electron chi connectivity index (χ1n) is 6.31. The fraction of sp³-hybridized carbons (Fsp3) is 0.571. The zero-order chi connectivity index (χ0) is 13.3. The maximum Gasteiger partial charge on any atom is 0.0450 e. The lowest BCUT2D eigenvalue weighted by Gasteiger charge is -2.42. The van der Waals surface area contributed by atoms with Crippen molar-refractivity contribution in [3.63, 3.8) is 0 Å². The summed E-state index contributed by atoms with van der Waals surface area (Å²) in [7, 11) is 0. The molecule has 1 atom stereocenters. The minimum Gasteiger partial charge on any atom is -0.308 e. The Hall–Kier alpha value is -0.0900. The van der Waals surface area contributed by atoms with Crippen LogP contribution in [0.2, 0.25) is 5.02 Å². The quantitative estimate of drug-likeness (QED) is 0.841. The van der Waals surface area contributed by atoms with E-state index in [4.69, 9.17) is 11.6 Å². The van der Waals surface area contributed by atoms with Gasteiger partial charge in [0.1, 0.15) is 0 Å². The smallest absolute Gasteiger partial charge is 0.0450 e. The molecule has 0 saturated carbocycles. The Bertz CT molecular complexity index is 408. The topological polar surface area (TPSA) is 15.3 Å². The summed E-state index contributed by atoms with van der Waals surface area (Å²) in [6.45, 7) is 9.94. The van der Waals surface area contributed by atoms with Gasteiger partial charge in [-0.1, -0.05) is 27.5 Å². The minimum atomic E-state index is 0.218. The highest BCUT2D eigenvalue weighted by molar-refractivity contribution is 9.10. The number of hydrogen-bond donors (Lipinski definition) is 1. The van der Waals surface area contributed by atoms with Crippen molar-refractivity contribution in [2.24, 2.45) is 0 Å². The Labute approximate surface area is 123 Å². The van der Waals surface area contributed by atoms with Gasteiger partial charge in [0, 0.05) is 40.7 Å². The van der Waals surface area contributed by atoms with Gasteiger partial charge in [0.15, 0.2) is 0 Å². The van der Waals surface area contributed by atoms with Gasteiger partial charge in [0.25, 0.3) is 0 Å². The van der Waals surface area contributed by atoms with Crippen molar-refractivity contribution in [3.8, 4) is 0 Å². The summed E-state index contributed by atoms with van der Waals surface area (Å²) in [6.07, 6.45) is 0. The second kappa shape index (κ2) is 5.49. The Morgan fingerprint density at radius 3 is 2.67 bits per heavy atom. The maximum atomic E-state index is 6.12. The highest BCUT2D eigenvalue weighted by Gasteiger charge is 2.28. The molecule has 0 amide bonds. The summed E-state index contributed by atoms with van der Waals surface area (Å²) in [6, 6.07) is 6.48. The van der Waals surface area contributed by atoms with E-state index >= 15 is 0 Å². The summed E-state index contributed by atoms with van der Waals surface area (Å²) in [5, 5.41) is 4.36. The Morgan fingerprint density at radius 2 is 2.06 bits per heavy atom. The third kappa shape index (κ3) is 3.47. The zero-order valence-electron chi connectivity index (χ0n) is 11.1. The summed E-state index contributed by atoms with van der Waals surface area (Å²) < 4.78 is 1.04. The predicted molar refractivity (Wildman–Crippen MR) is 81.2 cm³/mol. The Balaban J connectivity index is 2.18. The van der Waals surface area contributed by atoms with Crippen LogP contribution in [-0.4, -0.2) is 30.1 Å². The van der Waals surface area contributed by atoms with Crippen molar-refractivity contribution >= 4 is 27.5 Å². The molecule has 1 aromatic carbocycles. The maximum absolute atomic E-state index is 6.12. The van der Waals surface area contributed by atoms with Crippen LogP contribution in [0.5, 0.6) is 0 Å². The molecule has 4 heteroatoms. The molecule has 0 aliphatic carbocycles. The van der Waals surface area contributed by atoms with Gasteiger partial charge in [-0.25, -0.2) is 0 Å². The molecular formula is C14H20BrClN2. The minimum absolute atomic E-state index is 0.218. The monoisotopic (exact) mass is 330 g/mol. The van der Waals surface area contributed by atoms with Crippen molar-refractivity contribution < 1.29 is 0 Å². The third-order valence-electron chi connectivity index (χ3n) is 3.41. The van der Waals surface area contributed by atoms with Crippen molar-refractivity contribution in [2.45, 2.75) is 32.4 Å². The van der Waals surface area contributed by atoms with Gasteiger partial charge in [0.2, 0.25) is 0 Å². The first kappa shape index (κ1) is 14.3. The first-order valence-corrected chi connectivity index (χ1v) is 7.48. The zero-order valence-corrected chi connectivity index (χ0v) is 13.5. The highest BCUT2D eigenvalue weighted by Crippen LogP contribution is 2.27. The average molecular weight is 332 g/mol. The summed E-state index contributed by atoms with van der Waals surface area (Å²) in [5.74, 6) is 0. The molecule has 2 nitrogen and oxygen atoms in total. The van der Waals surface area contributed by atoms with Crippen molar-refractivity contribution in [1.29, 1.82) is 0 Å². The predicted octanol–water partition coefficient (Wildman–Crippen LogP) is 3.85. The normalized spacial score (nSPS) is 22.2. The lowest BCUT2D eigenvalue weighted by molar-refractivity contribution is 0.0957. The largest absolute Gasteiger partial charge is 0.308 e. The van der Waals surface area contributed by atoms with E-state index in [2.05, 4.69) is 59.1 Å². The second-order valence-corrected chi connectivity index (χ2v) is 7.18. The lowest BCUT2D eigenvalue weighted by atomic mass is 9.99. The molecular weight excluding hydrogens is 312 g/mol. The molecule has 1 aliphatic rings. The molecule has 1 heterocycles. The Morgan fingerprint density at radius 1 is 1.33 bits per heavy atom. The molecule has 0 spiro atoms. The molecule has 1 aliphatic heterocycles. The van der Waals surface area contributed by atoms with Crippen LogP contribution in [0.4, 0.5) is 0 Å². The van der Waals surface area contributed by atoms with E-state index in [0.29, 0.717) is 6.04 Å². The fourth-order valence-corrected chi connectivity index (χ4v) is 3.25. The number of nitrogens with zero attached hydrogens (tertiary/aromatic N) is 1. The van der Waals surface area contributed by atoms with E-state index in [1.807, 2.05) is 6.07 Å². The van der Waals surface area contributed by atoms with Gasteiger partial charge in [-0.15, -0.1) is 0 Å². The summed E-state index contributed by atoms with van der Waals surface area (Å²) >= 11 is 9.63. The fourth-order valence-electron chi connectivity index (χ4n) is 2.36. The van der Waals surface area contributed by atoms with Gasteiger partial charge >= 0.3 is 0 Å². The van der Waals surface area contributed by atoms with Crippen molar-refractivity contribution in [3.05, 3.63) is 33.3 Å². The van der Waals surface area contributed by atoms with E-state index in [-0.39, 0.29) is 5.54 Å². The van der Waals surface area contributed by atoms with Gasteiger partial charge in [-0.2, -0.15) is 0 Å². The van der Waals surface area contributed by atoms with Crippen LogP contribution in [0.25, 0.3) is 0 Å². The molecule has 100 valence electrons. The van der Waals surface area contributed by atoms with E-state index in [0.717, 1.165) is 29.1 Å². The van der Waals surface area contributed by atoms with Crippen LogP contribution in [0.15, 0.2) is 22.7 Å². The molecule has 1 aromatic rings.